The summed E-state index contributed by atoms with van der Waals surface area (Å²) >= 11 is 0. The molecule has 2 aliphatic heterocycles. The van der Waals surface area contributed by atoms with Crippen LogP contribution in [0.2, 0.25) is 0 Å². The van der Waals surface area contributed by atoms with Gasteiger partial charge in [-0.25, -0.2) is 8.42 Å². The Balaban J connectivity index is 1.36. The normalized spacial score (nSPS) is 17.0. The van der Waals surface area contributed by atoms with Crippen LogP contribution in [-0.4, -0.2) is 44.9 Å². The van der Waals surface area contributed by atoms with Crippen molar-refractivity contribution < 1.29 is 22.7 Å². The Hall–Kier alpha value is -3.09. The molecule has 0 spiro atoms. The van der Waals surface area contributed by atoms with Crippen molar-refractivity contribution in [2.45, 2.75) is 24.2 Å². The van der Waals surface area contributed by atoms with Gasteiger partial charge in [0.15, 0.2) is 11.5 Å². The van der Waals surface area contributed by atoms with Crippen LogP contribution in [0.15, 0.2) is 47.4 Å². The number of benzene rings is 2. The Morgan fingerprint density at radius 3 is 2.42 bits per heavy atom. The quantitative estimate of drug-likeness (QED) is 0.764. The van der Waals surface area contributed by atoms with E-state index in [1.807, 2.05) is 0 Å². The molecule has 0 aromatic heterocycles. The molecule has 2 aromatic carbocycles. The lowest BCUT2D eigenvalue weighted by Crippen LogP contribution is -2.41. The Morgan fingerprint density at radius 1 is 1.06 bits per heavy atom. The molecule has 0 bridgehead atoms. The first kappa shape index (κ1) is 21.2. The number of fused-ring (bicyclic) bond motifs is 1. The first-order valence-electron chi connectivity index (χ1n) is 10.1. The molecule has 0 atom stereocenters. The van der Waals surface area contributed by atoms with E-state index < -0.39 is 10.0 Å². The van der Waals surface area contributed by atoms with E-state index in [0.717, 1.165) is 5.56 Å². The van der Waals surface area contributed by atoms with Crippen LogP contribution in [0.25, 0.3) is 0 Å². The van der Waals surface area contributed by atoms with E-state index in [2.05, 4.69) is 11.4 Å². The number of rotatable bonds is 5. The number of piperidine rings is 1. The van der Waals surface area contributed by atoms with Gasteiger partial charge in [-0.3, -0.25) is 4.79 Å². The predicted molar refractivity (Wildman–Crippen MR) is 113 cm³/mol. The fourth-order valence-electron chi connectivity index (χ4n) is 3.73. The van der Waals surface area contributed by atoms with Gasteiger partial charge in [0.25, 0.3) is 0 Å². The van der Waals surface area contributed by atoms with Crippen LogP contribution >= 0.6 is 0 Å². The zero-order valence-corrected chi connectivity index (χ0v) is 17.7. The summed E-state index contributed by atoms with van der Waals surface area (Å²) in [6, 6.07) is 13.9. The molecule has 2 heterocycles. The third-order valence-corrected chi connectivity index (χ3v) is 7.38. The van der Waals surface area contributed by atoms with Crippen molar-refractivity contribution in [2.75, 3.05) is 31.6 Å². The maximum Gasteiger partial charge on any atom is 0.243 e. The second kappa shape index (κ2) is 8.96. The molecule has 1 saturated heterocycles. The third kappa shape index (κ3) is 4.65. The van der Waals surface area contributed by atoms with E-state index in [0.29, 0.717) is 49.7 Å². The van der Waals surface area contributed by atoms with Crippen LogP contribution in [0.1, 0.15) is 18.4 Å². The molecule has 2 aromatic rings. The summed E-state index contributed by atoms with van der Waals surface area (Å²) in [4.78, 5) is 12.8. The number of anilines is 1. The number of sulfonamides is 1. The smallest absolute Gasteiger partial charge is 0.243 e. The third-order valence-electron chi connectivity index (χ3n) is 5.48. The molecule has 0 unspecified atom stereocenters. The first-order chi connectivity index (χ1) is 15.0. The molecule has 0 radical (unpaired) electrons. The summed E-state index contributed by atoms with van der Waals surface area (Å²) in [7, 11) is -3.67. The van der Waals surface area contributed by atoms with Crippen LogP contribution in [0.5, 0.6) is 11.5 Å². The summed E-state index contributed by atoms with van der Waals surface area (Å²) in [5.74, 6) is 0.596. The van der Waals surface area contributed by atoms with Gasteiger partial charge in [-0.2, -0.15) is 9.57 Å². The number of carbonyl (C=O) groups is 1. The van der Waals surface area contributed by atoms with Gasteiger partial charge in [0.2, 0.25) is 15.9 Å². The summed E-state index contributed by atoms with van der Waals surface area (Å²) in [5, 5.41) is 11.6. The minimum absolute atomic E-state index is 0.121. The van der Waals surface area contributed by atoms with Crippen LogP contribution in [0.3, 0.4) is 0 Å². The van der Waals surface area contributed by atoms with Crippen molar-refractivity contribution >= 4 is 21.6 Å². The van der Waals surface area contributed by atoms with Gasteiger partial charge in [-0.15, -0.1) is 0 Å². The van der Waals surface area contributed by atoms with Crippen LogP contribution in [-0.2, 0) is 21.2 Å². The average Bonchev–Trinajstić information content (AvgIpc) is 2.80. The Labute approximate surface area is 181 Å². The number of ether oxygens (including phenoxy) is 2. The van der Waals surface area contributed by atoms with Gasteiger partial charge >= 0.3 is 0 Å². The molecule has 2 aliphatic rings. The number of hydrogen-bond donors (Lipinski definition) is 1. The zero-order valence-electron chi connectivity index (χ0n) is 16.9. The molecule has 31 heavy (non-hydrogen) atoms. The molecule has 1 amide bonds. The summed E-state index contributed by atoms with van der Waals surface area (Å²) < 4.78 is 38.4. The zero-order chi connectivity index (χ0) is 21.8. The summed E-state index contributed by atoms with van der Waals surface area (Å²) in [6.45, 7) is 1.38. The average molecular weight is 442 g/mol. The van der Waals surface area contributed by atoms with Crippen molar-refractivity contribution in [3.63, 3.8) is 0 Å². The largest absolute Gasteiger partial charge is 0.486 e. The minimum atomic E-state index is -3.67. The highest BCUT2D eigenvalue weighted by atomic mass is 32.2. The SMILES string of the molecule is N#CCc1ccc(NC(=O)C2CCN(S(=O)(=O)c3ccc4c(c3)OCCO4)CC2)cc1. The van der Waals surface area contributed by atoms with E-state index in [1.54, 1.807) is 30.3 Å². The van der Waals surface area contributed by atoms with Crippen LogP contribution in [0, 0.1) is 17.2 Å². The molecule has 1 N–H and O–H groups in total. The van der Waals surface area contributed by atoms with E-state index in [-0.39, 0.29) is 29.8 Å². The minimum Gasteiger partial charge on any atom is -0.486 e. The van der Waals surface area contributed by atoms with Gasteiger partial charge in [-0.1, -0.05) is 12.1 Å². The lowest BCUT2D eigenvalue weighted by atomic mass is 9.97. The standard InChI is InChI=1S/C22H23N3O5S/c23-10-7-16-1-3-18(4-2-16)24-22(26)17-8-11-25(12-9-17)31(27,28)19-5-6-20-21(15-19)30-14-13-29-20/h1-6,15,17H,7-9,11-14H2,(H,24,26). The van der Waals surface area contributed by atoms with E-state index >= 15 is 0 Å². The van der Waals surface area contributed by atoms with Crippen molar-refractivity contribution in [1.29, 1.82) is 5.26 Å². The van der Waals surface area contributed by atoms with Gasteiger partial charge in [0.05, 0.1) is 17.4 Å². The maximum atomic E-state index is 13.0. The first-order valence-corrected chi connectivity index (χ1v) is 11.6. The summed E-state index contributed by atoms with van der Waals surface area (Å²) in [5.41, 5.74) is 1.55. The van der Waals surface area contributed by atoms with Crippen LogP contribution < -0.4 is 14.8 Å². The van der Waals surface area contributed by atoms with Gasteiger partial charge in [-0.05, 0) is 42.7 Å². The fourth-order valence-corrected chi connectivity index (χ4v) is 5.22. The molecule has 162 valence electrons. The number of nitriles is 1. The van der Waals surface area contributed by atoms with E-state index in [1.165, 1.54) is 16.4 Å². The van der Waals surface area contributed by atoms with Crippen LogP contribution in [0.4, 0.5) is 5.69 Å². The highest BCUT2D eigenvalue weighted by Gasteiger charge is 2.33. The molecule has 9 heteroatoms. The Bertz CT molecular complexity index is 1100. The molecule has 1 fully saturated rings. The second-order valence-electron chi connectivity index (χ2n) is 7.50. The maximum absolute atomic E-state index is 13.0. The highest BCUT2D eigenvalue weighted by Crippen LogP contribution is 2.34. The second-order valence-corrected chi connectivity index (χ2v) is 9.44. The molecular formula is C22H23N3O5S. The fraction of sp³-hybridized carbons (Fsp3) is 0.364. The summed E-state index contributed by atoms with van der Waals surface area (Å²) in [6.07, 6.45) is 1.22. The monoisotopic (exact) mass is 441 g/mol. The Kier molecular flexibility index (Phi) is 6.11. The van der Waals surface area contributed by atoms with E-state index in [4.69, 9.17) is 14.7 Å². The number of hydrogen-bond acceptors (Lipinski definition) is 6. The molecule has 0 aliphatic carbocycles. The molecule has 4 rings (SSSR count). The number of amides is 1. The highest BCUT2D eigenvalue weighted by molar-refractivity contribution is 7.89. The number of carbonyl (C=O) groups excluding carboxylic acids is 1. The van der Waals surface area contributed by atoms with E-state index in [9.17, 15) is 13.2 Å². The van der Waals surface area contributed by atoms with Crippen molar-refractivity contribution in [1.82, 2.24) is 4.31 Å². The predicted octanol–water partition coefficient (Wildman–Crippen LogP) is 2.56. The van der Waals surface area contributed by atoms with Crippen molar-refractivity contribution in [3.05, 3.63) is 48.0 Å². The molecular weight excluding hydrogens is 418 g/mol. The number of nitrogens with zero attached hydrogens (tertiary/aromatic N) is 2. The number of nitrogens with one attached hydrogen (secondary N) is 1. The lowest BCUT2D eigenvalue weighted by Gasteiger charge is -2.30. The van der Waals surface area contributed by atoms with Gasteiger partial charge in [0, 0.05) is 30.8 Å². The lowest BCUT2D eigenvalue weighted by molar-refractivity contribution is -0.120. The van der Waals surface area contributed by atoms with Crippen molar-refractivity contribution in [2.24, 2.45) is 5.92 Å². The van der Waals surface area contributed by atoms with Crippen molar-refractivity contribution in [3.8, 4) is 17.6 Å². The molecule has 0 saturated carbocycles. The van der Waals surface area contributed by atoms with Gasteiger partial charge in [0.1, 0.15) is 13.2 Å². The van der Waals surface area contributed by atoms with Gasteiger partial charge < -0.3 is 14.8 Å². The molecule has 8 nitrogen and oxygen atoms in total. The Morgan fingerprint density at radius 2 is 1.74 bits per heavy atom. The topological polar surface area (TPSA) is 109 Å².